The summed E-state index contributed by atoms with van der Waals surface area (Å²) in [5.41, 5.74) is 7.68. The Bertz CT molecular complexity index is 462. The van der Waals surface area contributed by atoms with Gasteiger partial charge in [0, 0.05) is 17.9 Å². The summed E-state index contributed by atoms with van der Waals surface area (Å²) in [5, 5.41) is 0. The van der Waals surface area contributed by atoms with Gasteiger partial charge >= 0.3 is 0 Å². The van der Waals surface area contributed by atoms with E-state index in [4.69, 9.17) is 5.73 Å². The van der Waals surface area contributed by atoms with Crippen molar-refractivity contribution in [2.24, 2.45) is 12.8 Å². The van der Waals surface area contributed by atoms with Crippen LogP contribution in [0.25, 0.3) is 11.0 Å². The lowest BCUT2D eigenvalue weighted by molar-refractivity contribution is 0.793. The Kier molecular flexibility index (Phi) is 2.56. The standard InChI is InChI=1S/C10H12BrN3/c1-14-9(5-6-12)13-8-4-2-3-7(11)10(8)14/h2-4H,5-6,12H2,1H3. The number of rotatable bonds is 2. The van der Waals surface area contributed by atoms with Crippen LogP contribution in [0.1, 0.15) is 5.82 Å². The smallest absolute Gasteiger partial charge is 0.110 e. The van der Waals surface area contributed by atoms with Crippen LogP contribution in [0.5, 0.6) is 0 Å². The van der Waals surface area contributed by atoms with Crippen LogP contribution in [0.4, 0.5) is 0 Å². The maximum absolute atomic E-state index is 5.52. The van der Waals surface area contributed by atoms with Crippen molar-refractivity contribution in [1.29, 1.82) is 0 Å². The highest BCUT2D eigenvalue weighted by Crippen LogP contribution is 2.23. The second-order valence-corrected chi connectivity index (χ2v) is 4.09. The molecule has 0 fully saturated rings. The van der Waals surface area contributed by atoms with Crippen molar-refractivity contribution < 1.29 is 0 Å². The fraction of sp³-hybridized carbons (Fsp3) is 0.300. The molecule has 2 N–H and O–H groups in total. The van der Waals surface area contributed by atoms with E-state index < -0.39 is 0 Å². The van der Waals surface area contributed by atoms with Gasteiger partial charge in [-0.05, 0) is 34.6 Å². The summed E-state index contributed by atoms with van der Waals surface area (Å²) in [6.45, 7) is 0.634. The molecule has 0 amide bonds. The number of nitrogens with zero attached hydrogens (tertiary/aromatic N) is 2. The van der Waals surface area contributed by atoms with Gasteiger partial charge in [-0.3, -0.25) is 0 Å². The molecular formula is C10H12BrN3. The Morgan fingerprint density at radius 3 is 2.93 bits per heavy atom. The van der Waals surface area contributed by atoms with Gasteiger partial charge in [0.2, 0.25) is 0 Å². The van der Waals surface area contributed by atoms with Crippen molar-refractivity contribution in [3.8, 4) is 0 Å². The first-order valence-corrected chi connectivity index (χ1v) is 5.33. The molecule has 0 spiro atoms. The molecule has 0 bridgehead atoms. The minimum Gasteiger partial charge on any atom is -0.330 e. The first-order chi connectivity index (χ1) is 6.74. The molecule has 1 aromatic heterocycles. The minimum absolute atomic E-state index is 0.634. The lowest BCUT2D eigenvalue weighted by Crippen LogP contribution is -2.07. The van der Waals surface area contributed by atoms with Crippen LogP contribution in [0, 0.1) is 0 Å². The molecule has 14 heavy (non-hydrogen) atoms. The molecule has 0 atom stereocenters. The summed E-state index contributed by atoms with van der Waals surface area (Å²) in [7, 11) is 2.02. The van der Waals surface area contributed by atoms with E-state index >= 15 is 0 Å². The normalized spacial score (nSPS) is 11.1. The zero-order chi connectivity index (χ0) is 10.1. The molecule has 4 heteroatoms. The van der Waals surface area contributed by atoms with Crippen LogP contribution < -0.4 is 5.73 Å². The monoisotopic (exact) mass is 253 g/mol. The molecular weight excluding hydrogens is 242 g/mol. The highest BCUT2D eigenvalue weighted by Gasteiger charge is 2.08. The molecule has 74 valence electrons. The Labute approximate surface area is 91.1 Å². The Hall–Kier alpha value is -0.870. The summed E-state index contributed by atoms with van der Waals surface area (Å²) in [6, 6.07) is 6.03. The second kappa shape index (κ2) is 3.71. The highest BCUT2D eigenvalue weighted by atomic mass is 79.9. The van der Waals surface area contributed by atoms with Crippen molar-refractivity contribution in [1.82, 2.24) is 9.55 Å². The fourth-order valence-electron chi connectivity index (χ4n) is 1.62. The molecule has 0 unspecified atom stereocenters. The third kappa shape index (κ3) is 1.44. The number of halogens is 1. The maximum atomic E-state index is 5.52. The predicted molar refractivity (Wildman–Crippen MR) is 61.2 cm³/mol. The maximum Gasteiger partial charge on any atom is 0.110 e. The van der Waals surface area contributed by atoms with Gasteiger partial charge in [0.15, 0.2) is 0 Å². The van der Waals surface area contributed by atoms with Crippen molar-refractivity contribution >= 4 is 27.0 Å². The molecule has 0 aliphatic heterocycles. The summed E-state index contributed by atoms with van der Waals surface area (Å²) < 4.78 is 3.17. The molecule has 3 nitrogen and oxygen atoms in total. The van der Waals surface area contributed by atoms with Crippen molar-refractivity contribution in [3.05, 3.63) is 28.5 Å². The number of benzene rings is 1. The third-order valence-electron chi connectivity index (χ3n) is 2.31. The number of imidazole rings is 1. The molecule has 1 aromatic carbocycles. The Morgan fingerprint density at radius 1 is 1.50 bits per heavy atom. The summed E-state index contributed by atoms with van der Waals surface area (Å²) in [5.74, 6) is 1.04. The van der Waals surface area contributed by atoms with Crippen LogP contribution >= 0.6 is 15.9 Å². The fourth-order valence-corrected chi connectivity index (χ4v) is 2.24. The molecule has 1 heterocycles. The van der Waals surface area contributed by atoms with Gasteiger partial charge in [0.05, 0.1) is 11.0 Å². The number of fused-ring (bicyclic) bond motifs is 1. The average molecular weight is 254 g/mol. The van der Waals surface area contributed by atoms with Gasteiger partial charge in [-0.25, -0.2) is 4.98 Å². The number of para-hydroxylation sites is 1. The number of hydrogen-bond donors (Lipinski definition) is 1. The second-order valence-electron chi connectivity index (χ2n) is 3.23. The van der Waals surface area contributed by atoms with E-state index in [1.165, 1.54) is 0 Å². The van der Waals surface area contributed by atoms with Gasteiger partial charge in [-0.2, -0.15) is 0 Å². The number of hydrogen-bond acceptors (Lipinski definition) is 2. The number of aromatic nitrogens is 2. The summed E-state index contributed by atoms with van der Waals surface area (Å²) in [4.78, 5) is 4.52. The summed E-state index contributed by atoms with van der Waals surface area (Å²) >= 11 is 3.52. The zero-order valence-electron chi connectivity index (χ0n) is 8.00. The minimum atomic E-state index is 0.634. The largest absolute Gasteiger partial charge is 0.330 e. The quantitative estimate of drug-likeness (QED) is 0.888. The van der Waals surface area contributed by atoms with E-state index in [0.29, 0.717) is 6.54 Å². The van der Waals surface area contributed by atoms with Crippen LogP contribution in [-0.2, 0) is 13.5 Å². The van der Waals surface area contributed by atoms with E-state index in [1.54, 1.807) is 0 Å². The lowest BCUT2D eigenvalue weighted by Gasteiger charge is -2.00. The molecule has 0 radical (unpaired) electrons. The highest BCUT2D eigenvalue weighted by molar-refractivity contribution is 9.10. The van der Waals surface area contributed by atoms with Crippen molar-refractivity contribution in [3.63, 3.8) is 0 Å². The molecule has 0 saturated carbocycles. The topological polar surface area (TPSA) is 43.8 Å². The van der Waals surface area contributed by atoms with Crippen molar-refractivity contribution in [2.75, 3.05) is 6.54 Å². The number of aryl methyl sites for hydroxylation is 1. The van der Waals surface area contributed by atoms with Gasteiger partial charge < -0.3 is 10.3 Å². The average Bonchev–Trinajstić information content (AvgIpc) is 2.46. The molecule has 2 rings (SSSR count). The van der Waals surface area contributed by atoms with Crippen LogP contribution in [-0.4, -0.2) is 16.1 Å². The summed E-state index contributed by atoms with van der Waals surface area (Å²) in [6.07, 6.45) is 0.817. The van der Waals surface area contributed by atoms with Gasteiger partial charge in [0.25, 0.3) is 0 Å². The Morgan fingerprint density at radius 2 is 2.29 bits per heavy atom. The zero-order valence-corrected chi connectivity index (χ0v) is 9.58. The van der Waals surface area contributed by atoms with Gasteiger partial charge in [-0.1, -0.05) is 6.07 Å². The van der Waals surface area contributed by atoms with Crippen LogP contribution in [0.3, 0.4) is 0 Å². The van der Waals surface area contributed by atoms with E-state index in [0.717, 1.165) is 27.8 Å². The molecule has 2 aromatic rings. The van der Waals surface area contributed by atoms with E-state index in [-0.39, 0.29) is 0 Å². The third-order valence-corrected chi connectivity index (χ3v) is 2.95. The first kappa shape index (κ1) is 9.68. The SMILES string of the molecule is Cn1c(CCN)nc2cccc(Br)c21. The first-order valence-electron chi connectivity index (χ1n) is 4.54. The predicted octanol–water partition coefficient (Wildman–Crippen LogP) is 1.84. The van der Waals surface area contributed by atoms with Gasteiger partial charge in [-0.15, -0.1) is 0 Å². The number of nitrogens with two attached hydrogens (primary N) is 1. The van der Waals surface area contributed by atoms with Crippen LogP contribution in [0.2, 0.25) is 0 Å². The Balaban J connectivity index is 2.68. The molecule has 0 aliphatic carbocycles. The van der Waals surface area contributed by atoms with Crippen LogP contribution in [0.15, 0.2) is 22.7 Å². The molecule has 0 aliphatic rings. The van der Waals surface area contributed by atoms with E-state index in [1.807, 2.05) is 25.2 Å². The van der Waals surface area contributed by atoms with E-state index in [9.17, 15) is 0 Å². The molecule has 0 saturated heterocycles. The van der Waals surface area contributed by atoms with Gasteiger partial charge in [0.1, 0.15) is 5.82 Å². The van der Waals surface area contributed by atoms with Crippen molar-refractivity contribution in [2.45, 2.75) is 6.42 Å². The lowest BCUT2D eigenvalue weighted by atomic mass is 10.3. The van der Waals surface area contributed by atoms with E-state index in [2.05, 4.69) is 25.5 Å².